The highest BCUT2D eigenvalue weighted by atomic mass is 32.2. The van der Waals surface area contributed by atoms with E-state index in [-0.39, 0.29) is 23.4 Å². The van der Waals surface area contributed by atoms with Crippen LogP contribution in [0.4, 0.5) is 0 Å². The van der Waals surface area contributed by atoms with Gasteiger partial charge in [0.25, 0.3) is 5.91 Å². The maximum Gasteiger partial charge on any atom is 0.254 e. The number of nitrogens with zero attached hydrogens (tertiary/aromatic N) is 1. The molecule has 1 aliphatic heterocycles. The number of rotatable bonds is 5. The Hall–Kier alpha value is -2.18. The van der Waals surface area contributed by atoms with Crippen molar-refractivity contribution in [1.82, 2.24) is 9.62 Å². The van der Waals surface area contributed by atoms with Gasteiger partial charge in [-0.1, -0.05) is 36.4 Å². The highest BCUT2D eigenvalue weighted by molar-refractivity contribution is 7.89. The summed E-state index contributed by atoms with van der Waals surface area (Å²) in [6, 6.07) is 14.5. The maximum absolute atomic E-state index is 12.9. The largest absolute Gasteiger partial charge is 0.336 e. The number of carbonyl (C=O) groups is 1. The van der Waals surface area contributed by atoms with Gasteiger partial charge in [0.1, 0.15) is 0 Å². The van der Waals surface area contributed by atoms with Gasteiger partial charge in [-0.25, -0.2) is 13.1 Å². The second-order valence-corrected chi connectivity index (χ2v) is 8.87. The minimum Gasteiger partial charge on any atom is -0.336 e. The smallest absolute Gasteiger partial charge is 0.254 e. The minimum atomic E-state index is -3.71. The van der Waals surface area contributed by atoms with Crippen molar-refractivity contribution in [2.24, 2.45) is 0 Å². The van der Waals surface area contributed by atoms with Crippen LogP contribution in [-0.2, 0) is 16.6 Å². The molecule has 0 aliphatic carbocycles. The second kappa shape index (κ2) is 8.23. The molecule has 144 valence electrons. The summed E-state index contributed by atoms with van der Waals surface area (Å²) < 4.78 is 28.2. The van der Waals surface area contributed by atoms with Crippen LogP contribution in [0.25, 0.3) is 0 Å². The summed E-state index contributed by atoms with van der Waals surface area (Å²) >= 11 is 0. The van der Waals surface area contributed by atoms with Crippen LogP contribution in [0.15, 0.2) is 53.4 Å². The summed E-state index contributed by atoms with van der Waals surface area (Å²) in [6.07, 6.45) is 3.11. The number of hydrogen-bond acceptors (Lipinski definition) is 3. The molecular weight excluding hydrogens is 360 g/mol. The molecule has 0 aromatic heterocycles. The van der Waals surface area contributed by atoms with E-state index < -0.39 is 10.0 Å². The summed E-state index contributed by atoms with van der Waals surface area (Å²) in [7, 11) is -3.71. The van der Waals surface area contributed by atoms with E-state index >= 15 is 0 Å². The van der Waals surface area contributed by atoms with E-state index in [0.717, 1.165) is 31.4 Å². The highest BCUT2D eigenvalue weighted by Crippen LogP contribution is 2.22. The Bertz CT molecular complexity index is 910. The lowest BCUT2D eigenvalue weighted by molar-refractivity contribution is 0.0635. The molecule has 2 aromatic rings. The van der Waals surface area contributed by atoms with Crippen LogP contribution in [0, 0.1) is 6.92 Å². The Morgan fingerprint density at radius 1 is 1.15 bits per heavy atom. The predicted octanol–water partition coefficient (Wildman–Crippen LogP) is 3.49. The molecule has 2 aromatic carbocycles. The zero-order valence-corrected chi connectivity index (χ0v) is 16.6. The average molecular weight is 387 g/mol. The standard InChI is InChI=1S/C21H26N2O3S/c1-16-11-12-19(21(24)23-13-7-6-8-17(23)2)14-20(16)27(25,26)22-15-18-9-4-3-5-10-18/h3-5,9-12,14,17,22H,6-8,13,15H2,1-2H3. The van der Waals surface area contributed by atoms with Gasteiger partial charge in [-0.15, -0.1) is 0 Å². The lowest BCUT2D eigenvalue weighted by Gasteiger charge is -2.33. The third kappa shape index (κ3) is 4.57. The third-order valence-electron chi connectivity index (χ3n) is 5.10. The zero-order chi connectivity index (χ0) is 19.4. The fourth-order valence-corrected chi connectivity index (χ4v) is 4.73. The topological polar surface area (TPSA) is 66.5 Å². The van der Waals surface area contributed by atoms with Crippen molar-refractivity contribution in [2.75, 3.05) is 6.54 Å². The van der Waals surface area contributed by atoms with Gasteiger partial charge >= 0.3 is 0 Å². The maximum atomic E-state index is 12.9. The summed E-state index contributed by atoms with van der Waals surface area (Å²) in [5.41, 5.74) is 1.93. The van der Waals surface area contributed by atoms with Crippen molar-refractivity contribution in [3.63, 3.8) is 0 Å². The van der Waals surface area contributed by atoms with Gasteiger partial charge < -0.3 is 4.90 Å². The fourth-order valence-electron chi connectivity index (χ4n) is 3.44. The molecule has 1 heterocycles. The number of amides is 1. The molecule has 1 fully saturated rings. The molecule has 3 rings (SSSR count). The number of likely N-dealkylation sites (tertiary alicyclic amines) is 1. The van der Waals surface area contributed by atoms with Crippen LogP contribution in [0.2, 0.25) is 0 Å². The van der Waals surface area contributed by atoms with Crippen molar-refractivity contribution in [3.05, 3.63) is 65.2 Å². The second-order valence-electron chi connectivity index (χ2n) is 7.13. The van der Waals surface area contributed by atoms with Crippen LogP contribution >= 0.6 is 0 Å². The van der Waals surface area contributed by atoms with Gasteiger partial charge in [0.05, 0.1) is 4.90 Å². The zero-order valence-electron chi connectivity index (χ0n) is 15.8. The van der Waals surface area contributed by atoms with Crippen molar-refractivity contribution in [3.8, 4) is 0 Å². The Balaban J connectivity index is 1.82. The lowest BCUT2D eigenvalue weighted by atomic mass is 10.0. The molecule has 0 bridgehead atoms. The molecule has 0 spiro atoms. The molecule has 0 radical (unpaired) electrons. The monoisotopic (exact) mass is 386 g/mol. The number of carbonyl (C=O) groups excluding carboxylic acids is 1. The molecule has 1 amide bonds. The summed E-state index contributed by atoms with van der Waals surface area (Å²) in [5.74, 6) is -0.0956. The summed E-state index contributed by atoms with van der Waals surface area (Å²) in [4.78, 5) is 14.9. The molecule has 6 heteroatoms. The van der Waals surface area contributed by atoms with Crippen molar-refractivity contribution in [1.29, 1.82) is 0 Å². The van der Waals surface area contributed by atoms with Gasteiger partial charge in [-0.3, -0.25) is 4.79 Å². The van der Waals surface area contributed by atoms with Gasteiger partial charge in [0.2, 0.25) is 10.0 Å². The number of benzene rings is 2. The molecule has 1 saturated heterocycles. The van der Waals surface area contributed by atoms with Crippen LogP contribution < -0.4 is 4.72 Å². The summed E-state index contributed by atoms with van der Waals surface area (Å²) in [5, 5.41) is 0. The number of hydrogen-bond donors (Lipinski definition) is 1. The van der Waals surface area contributed by atoms with Gasteiger partial charge in [-0.2, -0.15) is 0 Å². The van der Waals surface area contributed by atoms with Crippen LogP contribution in [-0.4, -0.2) is 31.8 Å². The Labute approximate surface area is 161 Å². The Morgan fingerprint density at radius 2 is 1.89 bits per heavy atom. The molecule has 1 atom stereocenters. The number of nitrogens with one attached hydrogen (secondary N) is 1. The predicted molar refractivity (Wildman–Crippen MR) is 106 cm³/mol. The first kappa shape index (κ1) is 19.6. The van der Waals surface area contributed by atoms with Crippen molar-refractivity contribution in [2.45, 2.75) is 50.6 Å². The van der Waals surface area contributed by atoms with E-state index in [1.54, 1.807) is 19.1 Å². The normalized spacial score (nSPS) is 17.7. The van der Waals surface area contributed by atoms with E-state index in [2.05, 4.69) is 4.72 Å². The Kier molecular flexibility index (Phi) is 5.97. The minimum absolute atomic E-state index is 0.0956. The van der Waals surface area contributed by atoms with Crippen LogP contribution in [0.1, 0.15) is 47.7 Å². The lowest BCUT2D eigenvalue weighted by Crippen LogP contribution is -2.42. The van der Waals surface area contributed by atoms with Gasteiger partial charge in [-0.05, 0) is 56.4 Å². The third-order valence-corrected chi connectivity index (χ3v) is 6.64. The number of sulfonamides is 1. The van der Waals surface area contributed by atoms with E-state index in [1.807, 2.05) is 42.2 Å². The first-order valence-electron chi connectivity index (χ1n) is 9.34. The van der Waals surface area contributed by atoms with Crippen molar-refractivity contribution >= 4 is 15.9 Å². The van der Waals surface area contributed by atoms with Crippen LogP contribution in [0.3, 0.4) is 0 Å². The first-order chi connectivity index (χ1) is 12.9. The Morgan fingerprint density at radius 3 is 2.59 bits per heavy atom. The molecule has 1 unspecified atom stereocenters. The van der Waals surface area contributed by atoms with Gasteiger partial charge in [0, 0.05) is 24.7 Å². The average Bonchev–Trinajstić information content (AvgIpc) is 2.67. The molecule has 0 saturated carbocycles. The van der Waals surface area contributed by atoms with E-state index in [4.69, 9.17) is 0 Å². The summed E-state index contributed by atoms with van der Waals surface area (Å²) in [6.45, 7) is 4.73. The number of aryl methyl sites for hydroxylation is 1. The van der Waals surface area contributed by atoms with Crippen LogP contribution in [0.5, 0.6) is 0 Å². The van der Waals surface area contributed by atoms with Gasteiger partial charge in [0.15, 0.2) is 0 Å². The van der Waals surface area contributed by atoms with Crippen molar-refractivity contribution < 1.29 is 13.2 Å². The van der Waals surface area contributed by atoms with E-state index in [0.29, 0.717) is 11.1 Å². The SMILES string of the molecule is Cc1ccc(C(=O)N2CCCCC2C)cc1S(=O)(=O)NCc1ccccc1. The van der Waals surface area contributed by atoms with E-state index in [1.165, 1.54) is 6.07 Å². The molecular formula is C21H26N2O3S. The number of piperidine rings is 1. The quantitative estimate of drug-likeness (QED) is 0.855. The molecule has 27 heavy (non-hydrogen) atoms. The molecule has 1 N–H and O–H groups in total. The fraction of sp³-hybridized carbons (Fsp3) is 0.381. The molecule has 5 nitrogen and oxygen atoms in total. The highest BCUT2D eigenvalue weighted by Gasteiger charge is 2.26. The molecule has 1 aliphatic rings. The first-order valence-corrected chi connectivity index (χ1v) is 10.8. The van der Waals surface area contributed by atoms with E-state index in [9.17, 15) is 13.2 Å².